The zero-order chi connectivity index (χ0) is 15.2. The molecule has 0 saturated heterocycles. The second-order valence-electron chi connectivity index (χ2n) is 3.68. The minimum absolute atomic E-state index is 0.0405. The van der Waals surface area contributed by atoms with Crippen molar-refractivity contribution in [3.63, 3.8) is 0 Å². The summed E-state index contributed by atoms with van der Waals surface area (Å²) in [5.74, 6) is -1.01. The van der Waals surface area contributed by atoms with Crippen LogP contribution in [0, 0.1) is 0 Å². The van der Waals surface area contributed by atoms with Gasteiger partial charge in [-0.05, 0) is 23.8 Å². The van der Waals surface area contributed by atoms with E-state index in [4.69, 9.17) is 11.5 Å². The van der Waals surface area contributed by atoms with E-state index >= 15 is 0 Å². The summed E-state index contributed by atoms with van der Waals surface area (Å²) in [5, 5.41) is 0. The Hall–Kier alpha value is -2.51. The fourth-order valence-corrected chi connectivity index (χ4v) is 1.21. The number of halogens is 3. The number of hydrogen-bond acceptors (Lipinski definition) is 2. The third-order valence-corrected chi connectivity index (χ3v) is 1.92. The molecular weight excluding hydrogens is 275 g/mol. The maximum absolute atomic E-state index is 12.0. The lowest BCUT2D eigenvalue weighted by molar-refractivity contribution is -0.153. The van der Waals surface area contributed by atoms with E-state index in [1.165, 1.54) is 24.3 Å². The summed E-state index contributed by atoms with van der Waals surface area (Å²) in [6, 6.07) is 5.81. The monoisotopic (exact) mass is 287 g/mol. The number of ether oxygens (including phenoxy) is 1. The van der Waals surface area contributed by atoms with Gasteiger partial charge in [-0.3, -0.25) is 4.79 Å². The number of alkyl halides is 3. The summed E-state index contributed by atoms with van der Waals surface area (Å²) in [5.41, 5.74) is 10.5. The molecule has 0 spiro atoms. The number of carbonyl (C=O) groups excluding carboxylic acids is 1. The van der Waals surface area contributed by atoms with Crippen molar-refractivity contribution in [3.8, 4) is 5.75 Å². The Kier molecular flexibility index (Phi) is 5.13. The largest absolute Gasteiger partial charge is 0.484 e. The number of benzene rings is 1. The first-order valence-corrected chi connectivity index (χ1v) is 5.37. The van der Waals surface area contributed by atoms with Crippen LogP contribution in [0.25, 0.3) is 6.08 Å². The molecule has 0 atom stereocenters. The van der Waals surface area contributed by atoms with Crippen LogP contribution < -0.4 is 16.2 Å². The highest BCUT2D eigenvalue weighted by Crippen LogP contribution is 2.19. The minimum Gasteiger partial charge on any atom is -0.484 e. The number of amides is 1. The van der Waals surface area contributed by atoms with Crippen molar-refractivity contribution in [2.24, 2.45) is 16.5 Å². The third-order valence-electron chi connectivity index (χ3n) is 1.92. The minimum atomic E-state index is -4.41. The molecule has 0 fully saturated rings. The quantitative estimate of drug-likeness (QED) is 0.498. The lowest BCUT2D eigenvalue weighted by atomic mass is 10.2. The first-order chi connectivity index (χ1) is 9.26. The molecule has 1 amide bonds. The van der Waals surface area contributed by atoms with Crippen molar-refractivity contribution in [2.45, 2.75) is 6.18 Å². The molecule has 8 heteroatoms. The predicted octanol–water partition coefficient (Wildman–Crippen LogP) is 1.44. The van der Waals surface area contributed by atoms with Crippen LogP contribution in [0.2, 0.25) is 0 Å². The highest BCUT2D eigenvalue weighted by atomic mass is 19.4. The maximum Gasteiger partial charge on any atom is 0.422 e. The van der Waals surface area contributed by atoms with E-state index in [9.17, 15) is 18.0 Å². The molecule has 5 nitrogen and oxygen atoms in total. The normalized spacial score (nSPS) is 11.3. The molecule has 108 valence electrons. The van der Waals surface area contributed by atoms with Crippen LogP contribution in [0.4, 0.5) is 13.2 Å². The van der Waals surface area contributed by atoms with Crippen molar-refractivity contribution in [2.75, 3.05) is 6.61 Å². The molecule has 20 heavy (non-hydrogen) atoms. The number of carbonyl (C=O) groups is 1. The van der Waals surface area contributed by atoms with Gasteiger partial charge in [0, 0.05) is 6.08 Å². The molecule has 1 aromatic carbocycles. The summed E-state index contributed by atoms with van der Waals surface area (Å²) < 4.78 is 40.6. The van der Waals surface area contributed by atoms with Gasteiger partial charge in [-0.25, -0.2) is 0 Å². The summed E-state index contributed by atoms with van der Waals surface area (Å²) in [6.45, 7) is -1.38. The summed E-state index contributed by atoms with van der Waals surface area (Å²) >= 11 is 0. The van der Waals surface area contributed by atoms with Gasteiger partial charge >= 0.3 is 6.18 Å². The molecule has 4 N–H and O–H groups in total. The third kappa shape index (κ3) is 6.43. The molecule has 0 aliphatic rings. The van der Waals surface area contributed by atoms with Gasteiger partial charge in [0.25, 0.3) is 5.91 Å². The Morgan fingerprint density at radius 2 is 2.05 bits per heavy atom. The number of nitrogens with zero attached hydrogens (tertiary/aromatic N) is 1. The fraction of sp³-hybridized carbons (Fsp3) is 0.167. The predicted molar refractivity (Wildman–Crippen MR) is 67.8 cm³/mol. The van der Waals surface area contributed by atoms with Crippen molar-refractivity contribution >= 4 is 17.9 Å². The van der Waals surface area contributed by atoms with Crippen molar-refractivity contribution in [1.82, 2.24) is 0 Å². The van der Waals surface area contributed by atoms with E-state index in [1.54, 1.807) is 6.07 Å². The number of guanidine groups is 1. The number of nitrogens with two attached hydrogens (primary N) is 2. The Morgan fingerprint density at radius 3 is 2.65 bits per heavy atom. The molecule has 0 aromatic heterocycles. The molecule has 1 rings (SSSR count). The molecule has 0 aliphatic carbocycles. The van der Waals surface area contributed by atoms with Gasteiger partial charge in [-0.15, -0.1) is 0 Å². The summed E-state index contributed by atoms with van der Waals surface area (Å²) in [7, 11) is 0. The zero-order valence-corrected chi connectivity index (χ0v) is 10.2. The van der Waals surface area contributed by atoms with Crippen molar-refractivity contribution in [1.29, 1.82) is 0 Å². The molecule has 1 aromatic rings. The molecule has 0 unspecified atom stereocenters. The summed E-state index contributed by atoms with van der Waals surface area (Å²) in [4.78, 5) is 14.4. The molecular formula is C12H12F3N3O2. The molecule has 0 aliphatic heterocycles. The van der Waals surface area contributed by atoms with Crippen molar-refractivity contribution < 1.29 is 22.7 Å². The average molecular weight is 287 g/mol. The Labute approximate surface area is 112 Å². The fourth-order valence-electron chi connectivity index (χ4n) is 1.21. The SMILES string of the molecule is NC(N)=NC(=O)/C=C/c1cccc(OCC(F)(F)F)c1. The second-order valence-corrected chi connectivity index (χ2v) is 3.68. The van der Waals surface area contributed by atoms with Gasteiger partial charge in [-0.1, -0.05) is 12.1 Å². The number of aliphatic imine (C=N–C) groups is 1. The van der Waals surface area contributed by atoms with Crippen LogP contribution in [0.5, 0.6) is 5.75 Å². The number of hydrogen-bond donors (Lipinski definition) is 2. The van der Waals surface area contributed by atoms with Crippen LogP contribution >= 0.6 is 0 Å². The van der Waals surface area contributed by atoms with E-state index in [1.807, 2.05) is 0 Å². The topological polar surface area (TPSA) is 90.7 Å². The molecule has 0 heterocycles. The molecule has 0 radical (unpaired) electrons. The lowest BCUT2D eigenvalue weighted by Crippen LogP contribution is -2.23. The van der Waals surface area contributed by atoms with Crippen LogP contribution in [0.3, 0.4) is 0 Å². The van der Waals surface area contributed by atoms with Gasteiger partial charge < -0.3 is 16.2 Å². The Bertz CT molecular complexity index is 535. The van der Waals surface area contributed by atoms with Crippen LogP contribution in [0.1, 0.15) is 5.56 Å². The van der Waals surface area contributed by atoms with Crippen LogP contribution in [0.15, 0.2) is 35.3 Å². The van der Waals surface area contributed by atoms with Gasteiger partial charge in [0.05, 0.1) is 0 Å². The number of rotatable bonds is 4. The highest BCUT2D eigenvalue weighted by molar-refractivity contribution is 5.99. The Morgan fingerprint density at radius 1 is 1.35 bits per heavy atom. The van der Waals surface area contributed by atoms with E-state index in [0.717, 1.165) is 6.08 Å². The highest BCUT2D eigenvalue weighted by Gasteiger charge is 2.28. The van der Waals surface area contributed by atoms with E-state index in [-0.39, 0.29) is 11.7 Å². The van der Waals surface area contributed by atoms with Crippen LogP contribution in [-0.2, 0) is 4.79 Å². The maximum atomic E-state index is 12.0. The summed E-state index contributed by atoms with van der Waals surface area (Å²) in [6.07, 6.45) is -1.97. The average Bonchev–Trinajstić information content (AvgIpc) is 2.33. The standard InChI is InChI=1S/C12H12F3N3O2/c13-12(14,15)7-20-9-3-1-2-8(6-9)4-5-10(19)18-11(16)17/h1-6H,7H2,(H4,16,17,18,19)/b5-4+. The second kappa shape index (κ2) is 6.60. The van der Waals surface area contributed by atoms with E-state index in [0.29, 0.717) is 5.56 Å². The first-order valence-electron chi connectivity index (χ1n) is 5.37. The van der Waals surface area contributed by atoms with Gasteiger partial charge in [-0.2, -0.15) is 18.2 Å². The molecule has 0 bridgehead atoms. The van der Waals surface area contributed by atoms with Gasteiger partial charge in [0.15, 0.2) is 12.6 Å². The first kappa shape index (κ1) is 15.5. The zero-order valence-electron chi connectivity index (χ0n) is 10.2. The van der Waals surface area contributed by atoms with E-state index < -0.39 is 18.7 Å². The van der Waals surface area contributed by atoms with Crippen molar-refractivity contribution in [3.05, 3.63) is 35.9 Å². The van der Waals surface area contributed by atoms with Gasteiger partial charge in [0.2, 0.25) is 0 Å². The van der Waals surface area contributed by atoms with Gasteiger partial charge in [0.1, 0.15) is 5.75 Å². The van der Waals surface area contributed by atoms with Crippen LogP contribution in [-0.4, -0.2) is 24.6 Å². The lowest BCUT2D eigenvalue weighted by Gasteiger charge is -2.09. The smallest absolute Gasteiger partial charge is 0.422 e. The Balaban J connectivity index is 2.71. The molecule has 0 saturated carbocycles. The van der Waals surface area contributed by atoms with E-state index in [2.05, 4.69) is 9.73 Å².